The Morgan fingerprint density at radius 2 is 2.37 bits per heavy atom. The zero-order valence-corrected chi connectivity index (χ0v) is 9.95. The molecule has 2 rings (SSSR count). The Labute approximate surface area is 106 Å². The van der Waals surface area contributed by atoms with Gasteiger partial charge in [-0.25, -0.2) is 14.2 Å². The predicted molar refractivity (Wildman–Crippen MR) is 60.9 cm³/mol. The van der Waals surface area contributed by atoms with E-state index in [9.17, 15) is 24.5 Å². The van der Waals surface area contributed by atoms with Crippen LogP contribution >= 0.6 is 0 Å². The van der Waals surface area contributed by atoms with Gasteiger partial charge in [0, 0.05) is 6.20 Å². The van der Waals surface area contributed by atoms with Crippen molar-refractivity contribution in [2.24, 2.45) is 0 Å². The number of aliphatic hydroxyl groups excluding tert-OH is 2. The molecule has 0 amide bonds. The van der Waals surface area contributed by atoms with Gasteiger partial charge in [-0.15, -0.1) is 0 Å². The number of anilines is 1. The molecule has 0 saturated carbocycles. The van der Waals surface area contributed by atoms with Crippen molar-refractivity contribution in [2.45, 2.75) is 37.3 Å². The monoisotopic (exact) mass is 275 g/mol. The summed E-state index contributed by atoms with van der Waals surface area (Å²) < 4.78 is 19.0. The molecule has 1 aromatic rings. The number of rotatable bonds is 3. The molecule has 1 aliphatic rings. The van der Waals surface area contributed by atoms with Gasteiger partial charge in [-0.1, -0.05) is 0 Å². The molecule has 0 aliphatic carbocycles. The maximum atomic E-state index is 14.0. The highest BCUT2D eigenvalue weighted by Crippen LogP contribution is 2.34. The standard InChI is InChI=1S/C10H14FN3O5/c1-4(15)6-7(16)10(11,18)8(19-6)13-5-2-3-12-9(17)14-5/h2-4,6-8,15-16,18H,1H3,(H2,12,13,14,17)/t4-,6+,7+,8+,10-/m0/s1. The highest BCUT2D eigenvalue weighted by Gasteiger charge is 2.58. The normalized spacial score (nSPS) is 36.2. The molecule has 19 heavy (non-hydrogen) atoms. The fraction of sp³-hybridized carbons (Fsp3) is 0.600. The van der Waals surface area contributed by atoms with Crippen LogP contribution in [0.4, 0.5) is 10.2 Å². The van der Waals surface area contributed by atoms with Gasteiger partial charge in [-0.3, -0.25) is 4.98 Å². The van der Waals surface area contributed by atoms with Crippen LogP contribution in [-0.4, -0.2) is 55.7 Å². The van der Waals surface area contributed by atoms with Gasteiger partial charge in [-0.2, -0.15) is 0 Å². The van der Waals surface area contributed by atoms with E-state index in [4.69, 9.17) is 4.74 Å². The molecule has 1 saturated heterocycles. The molecule has 1 aliphatic heterocycles. The number of nitrogens with one attached hydrogen (secondary N) is 2. The summed E-state index contributed by atoms with van der Waals surface area (Å²) in [5, 5.41) is 30.8. The first-order chi connectivity index (χ1) is 8.82. The zero-order chi connectivity index (χ0) is 14.2. The number of alkyl halides is 1. The van der Waals surface area contributed by atoms with E-state index in [1.807, 2.05) is 0 Å². The lowest BCUT2D eigenvalue weighted by Gasteiger charge is -2.23. The second-order valence-electron chi connectivity index (χ2n) is 4.33. The second-order valence-corrected chi connectivity index (χ2v) is 4.33. The van der Waals surface area contributed by atoms with Gasteiger partial charge in [0.25, 0.3) is 5.85 Å². The van der Waals surface area contributed by atoms with E-state index in [1.165, 1.54) is 19.2 Å². The predicted octanol–water partition coefficient (Wildman–Crippen LogP) is -1.69. The Bertz CT molecular complexity index is 506. The quantitative estimate of drug-likeness (QED) is 0.445. The SMILES string of the molecule is C[C@H](O)[C@H]1O[C@@H](Nc2ccnc(=O)[nH]2)[C@](O)(F)[C@@H]1O. The third-order valence-electron chi connectivity index (χ3n) is 2.82. The third-order valence-corrected chi connectivity index (χ3v) is 2.82. The summed E-state index contributed by atoms with van der Waals surface area (Å²) in [4.78, 5) is 16.6. The van der Waals surface area contributed by atoms with E-state index >= 15 is 0 Å². The Kier molecular flexibility index (Phi) is 3.54. The number of hydrogen-bond acceptors (Lipinski definition) is 7. The molecule has 0 bridgehead atoms. The summed E-state index contributed by atoms with van der Waals surface area (Å²) in [7, 11) is 0. The van der Waals surface area contributed by atoms with E-state index < -0.39 is 36.1 Å². The molecule has 2 heterocycles. The van der Waals surface area contributed by atoms with Gasteiger partial charge in [0.2, 0.25) is 0 Å². The number of aromatic nitrogens is 2. The van der Waals surface area contributed by atoms with Gasteiger partial charge < -0.3 is 25.4 Å². The average molecular weight is 275 g/mol. The summed E-state index contributed by atoms with van der Waals surface area (Å²) >= 11 is 0. The molecule has 0 spiro atoms. The van der Waals surface area contributed by atoms with Gasteiger partial charge in [0.05, 0.1) is 6.10 Å². The molecule has 8 nitrogen and oxygen atoms in total. The number of aromatic amines is 1. The fourth-order valence-electron chi connectivity index (χ4n) is 1.82. The number of aliphatic hydroxyl groups is 3. The third kappa shape index (κ3) is 2.59. The Morgan fingerprint density at radius 3 is 2.89 bits per heavy atom. The van der Waals surface area contributed by atoms with Crippen molar-refractivity contribution in [3.8, 4) is 0 Å². The summed E-state index contributed by atoms with van der Waals surface area (Å²) in [6.45, 7) is 1.29. The van der Waals surface area contributed by atoms with Crippen molar-refractivity contribution in [2.75, 3.05) is 5.32 Å². The lowest BCUT2D eigenvalue weighted by molar-refractivity contribution is -0.167. The van der Waals surface area contributed by atoms with Crippen LogP contribution in [0.1, 0.15) is 6.92 Å². The number of nitrogens with zero attached hydrogens (tertiary/aromatic N) is 1. The van der Waals surface area contributed by atoms with Crippen molar-refractivity contribution < 1.29 is 24.4 Å². The number of halogens is 1. The summed E-state index contributed by atoms with van der Waals surface area (Å²) in [5.41, 5.74) is -0.669. The first kappa shape index (κ1) is 13.9. The summed E-state index contributed by atoms with van der Waals surface area (Å²) in [6.07, 6.45) is -4.85. The van der Waals surface area contributed by atoms with Crippen molar-refractivity contribution in [3.63, 3.8) is 0 Å². The minimum absolute atomic E-state index is 0.0551. The number of hydrogen-bond donors (Lipinski definition) is 5. The largest absolute Gasteiger partial charge is 0.391 e. The van der Waals surface area contributed by atoms with Gasteiger partial charge >= 0.3 is 5.69 Å². The maximum absolute atomic E-state index is 14.0. The molecule has 1 fully saturated rings. The van der Waals surface area contributed by atoms with Crippen LogP contribution in [0.5, 0.6) is 0 Å². The lowest BCUT2D eigenvalue weighted by Crippen LogP contribution is -2.48. The Hall–Kier alpha value is -1.55. The van der Waals surface area contributed by atoms with Crippen LogP contribution in [0.25, 0.3) is 0 Å². The van der Waals surface area contributed by atoms with Gasteiger partial charge in [-0.05, 0) is 13.0 Å². The van der Waals surface area contributed by atoms with Crippen LogP contribution in [0.3, 0.4) is 0 Å². The second kappa shape index (κ2) is 4.85. The molecule has 0 aromatic carbocycles. The zero-order valence-electron chi connectivity index (χ0n) is 9.95. The number of H-pyrrole nitrogens is 1. The molecule has 0 radical (unpaired) electrons. The maximum Gasteiger partial charge on any atom is 0.346 e. The first-order valence-corrected chi connectivity index (χ1v) is 5.57. The van der Waals surface area contributed by atoms with E-state index in [-0.39, 0.29) is 5.82 Å². The van der Waals surface area contributed by atoms with E-state index in [2.05, 4.69) is 15.3 Å². The van der Waals surface area contributed by atoms with Crippen LogP contribution in [0, 0.1) is 0 Å². The lowest BCUT2D eigenvalue weighted by atomic mass is 10.1. The molecular formula is C10H14FN3O5. The average Bonchev–Trinajstić information content (AvgIpc) is 2.53. The Balaban J connectivity index is 2.19. The summed E-state index contributed by atoms with van der Waals surface area (Å²) in [5.74, 6) is -3.05. The Morgan fingerprint density at radius 1 is 1.68 bits per heavy atom. The molecular weight excluding hydrogens is 261 g/mol. The number of ether oxygens (including phenoxy) is 1. The summed E-state index contributed by atoms with van der Waals surface area (Å²) in [6, 6.07) is 1.32. The molecule has 9 heteroatoms. The first-order valence-electron chi connectivity index (χ1n) is 5.57. The van der Waals surface area contributed by atoms with Crippen molar-refractivity contribution in [1.29, 1.82) is 0 Å². The van der Waals surface area contributed by atoms with Gasteiger partial charge in [0.15, 0.2) is 6.23 Å². The van der Waals surface area contributed by atoms with Crippen molar-refractivity contribution in [1.82, 2.24) is 9.97 Å². The van der Waals surface area contributed by atoms with Crippen molar-refractivity contribution >= 4 is 5.82 Å². The van der Waals surface area contributed by atoms with Crippen LogP contribution in [0.2, 0.25) is 0 Å². The van der Waals surface area contributed by atoms with E-state index in [1.54, 1.807) is 0 Å². The van der Waals surface area contributed by atoms with E-state index in [0.29, 0.717) is 0 Å². The van der Waals surface area contributed by atoms with Gasteiger partial charge in [0.1, 0.15) is 18.0 Å². The molecule has 0 unspecified atom stereocenters. The molecule has 106 valence electrons. The minimum Gasteiger partial charge on any atom is -0.391 e. The minimum atomic E-state index is -3.11. The van der Waals surface area contributed by atoms with E-state index in [0.717, 1.165) is 0 Å². The topological polar surface area (TPSA) is 128 Å². The highest BCUT2D eigenvalue weighted by molar-refractivity contribution is 5.33. The molecule has 5 atom stereocenters. The van der Waals surface area contributed by atoms with Crippen LogP contribution in [0.15, 0.2) is 17.1 Å². The molecule has 5 N–H and O–H groups in total. The van der Waals surface area contributed by atoms with Crippen LogP contribution < -0.4 is 11.0 Å². The molecule has 1 aromatic heterocycles. The highest BCUT2D eigenvalue weighted by atomic mass is 19.2. The van der Waals surface area contributed by atoms with Crippen molar-refractivity contribution in [3.05, 3.63) is 22.7 Å². The smallest absolute Gasteiger partial charge is 0.346 e. The fourth-order valence-corrected chi connectivity index (χ4v) is 1.82. The van der Waals surface area contributed by atoms with Crippen LogP contribution in [-0.2, 0) is 4.74 Å².